The van der Waals surface area contributed by atoms with E-state index in [-0.39, 0.29) is 0 Å². The minimum atomic E-state index is -1.04. The van der Waals surface area contributed by atoms with Crippen molar-refractivity contribution < 1.29 is 4.55 Å². The molecule has 1 unspecified atom stereocenters. The molecule has 0 amide bonds. The maximum atomic E-state index is 9.85. The molecule has 3 nitrogen and oxygen atoms in total. The van der Waals surface area contributed by atoms with Crippen LogP contribution in [0.25, 0.3) is 0 Å². The Balaban J connectivity index is 2.49. The Morgan fingerprint density at radius 2 is 2.06 bits per heavy atom. The lowest BCUT2D eigenvalue weighted by molar-refractivity contribution is 0.613. The predicted molar refractivity (Wildman–Crippen MR) is 71.0 cm³/mol. The summed E-state index contributed by atoms with van der Waals surface area (Å²) >= 11 is 10.7. The number of hydrogen-bond donors (Lipinski definition) is 3. The number of unbranched alkanes of at least 4 members (excludes halogenated alkanes) is 1. The normalized spacial score (nSPS) is 12.8. The third-order valence-electron chi connectivity index (χ3n) is 1.97. The second-order valence-electron chi connectivity index (χ2n) is 3.25. The molecule has 0 aliphatic rings. The number of hydrogen-bond acceptors (Lipinski definition) is 3. The van der Waals surface area contributed by atoms with Gasteiger partial charge in [0.05, 0.1) is 0 Å². The molecule has 0 aliphatic heterocycles. The van der Waals surface area contributed by atoms with Gasteiger partial charge < -0.3 is 5.73 Å². The van der Waals surface area contributed by atoms with Crippen LogP contribution in [0.5, 0.6) is 0 Å². The summed E-state index contributed by atoms with van der Waals surface area (Å²) in [5.74, 6) is 0. The lowest BCUT2D eigenvalue weighted by Gasteiger charge is -2.02. The molecule has 6 heteroatoms. The van der Waals surface area contributed by atoms with Crippen LogP contribution in [-0.4, -0.2) is 17.6 Å². The zero-order valence-electron chi connectivity index (χ0n) is 8.75. The molecule has 0 radical (unpaired) electrons. The second-order valence-corrected chi connectivity index (χ2v) is 5.39. The summed E-state index contributed by atoms with van der Waals surface area (Å²) in [6, 6.07) is 5.06. The van der Waals surface area contributed by atoms with Crippen LogP contribution >= 0.6 is 23.2 Å². The second kappa shape index (κ2) is 7.37. The molecule has 0 saturated carbocycles. The highest BCUT2D eigenvalue weighted by Crippen LogP contribution is 2.24. The van der Waals surface area contributed by atoms with Gasteiger partial charge >= 0.3 is 0 Å². The molecule has 0 saturated heterocycles. The van der Waals surface area contributed by atoms with Gasteiger partial charge in [0, 0.05) is 17.6 Å². The van der Waals surface area contributed by atoms with Gasteiger partial charge in [0.1, 0.15) is 5.02 Å². The van der Waals surface area contributed by atoms with Gasteiger partial charge in [0.25, 0.3) is 11.4 Å². The van der Waals surface area contributed by atoms with Crippen LogP contribution in [0.1, 0.15) is 12.8 Å². The smallest absolute Gasteiger partial charge is 0.276 e. The summed E-state index contributed by atoms with van der Waals surface area (Å²) in [6.07, 6.45) is 1.88. The summed E-state index contributed by atoms with van der Waals surface area (Å²) in [4.78, 5) is 0.666. The van der Waals surface area contributed by atoms with Gasteiger partial charge in [0.2, 0.25) is 4.90 Å². The van der Waals surface area contributed by atoms with E-state index in [4.69, 9.17) is 28.9 Å². The Kier molecular flexibility index (Phi) is 6.49. The molecular formula is C10H15Cl2N2OS+. The summed E-state index contributed by atoms with van der Waals surface area (Å²) < 4.78 is 12.8. The fraction of sp³-hybridized carbons (Fsp3) is 0.400. The molecule has 0 fully saturated rings. The third-order valence-corrected chi connectivity index (χ3v) is 3.88. The monoisotopic (exact) mass is 281 g/mol. The van der Waals surface area contributed by atoms with E-state index in [0.29, 0.717) is 21.5 Å². The van der Waals surface area contributed by atoms with Crippen molar-refractivity contribution in [2.24, 2.45) is 5.73 Å². The van der Waals surface area contributed by atoms with E-state index in [9.17, 15) is 4.55 Å². The Morgan fingerprint density at radius 1 is 1.31 bits per heavy atom. The maximum absolute atomic E-state index is 9.85. The van der Waals surface area contributed by atoms with Crippen LogP contribution in [-0.2, 0) is 11.4 Å². The Hall–Kier alpha value is 0.0300. The van der Waals surface area contributed by atoms with E-state index in [1.807, 2.05) is 0 Å². The Labute approximate surface area is 109 Å². The van der Waals surface area contributed by atoms with Crippen LogP contribution in [0.3, 0.4) is 0 Å². The van der Waals surface area contributed by atoms with Gasteiger partial charge in [-0.15, -0.1) is 4.72 Å². The van der Waals surface area contributed by atoms with E-state index in [1.54, 1.807) is 18.2 Å². The number of benzene rings is 1. The molecule has 4 N–H and O–H groups in total. The van der Waals surface area contributed by atoms with Gasteiger partial charge in [-0.05, 0) is 31.5 Å². The lowest BCUT2D eigenvalue weighted by atomic mass is 10.3. The molecule has 16 heavy (non-hydrogen) atoms. The number of halogens is 2. The van der Waals surface area contributed by atoms with Crippen molar-refractivity contribution in [1.82, 2.24) is 4.72 Å². The van der Waals surface area contributed by atoms with Gasteiger partial charge in [0.15, 0.2) is 0 Å². The molecule has 90 valence electrons. The molecule has 0 bridgehead atoms. The summed E-state index contributed by atoms with van der Waals surface area (Å²) in [6.45, 7) is 1.39. The quantitative estimate of drug-likeness (QED) is 0.555. The van der Waals surface area contributed by atoms with E-state index >= 15 is 0 Å². The highest BCUT2D eigenvalue weighted by molar-refractivity contribution is 7.89. The van der Waals surface area contributed by atoms with Gasteiger partial charge in [-0.2, -0.15) is 4.55 Å². The van der Waals surface area contributed by atoms with Gasteiger partial charge in [-0.25, -0.2) is 0 Å². The molecule has 1 aromatic carbocycles. The topological polar surface area (TPSA) is 58.3 Å². The molecule has 0 spiro atoms. The van der Waals surface area contributed by atoms with Crippen molar-refractivity contribution in [3.8, 4) is 0 Å². The van der Waals surface area contributed by atoms with Crippen molar-refractivity contribution in [2.75, 3.05) is 13.1 Å². The summed E-state index contributed by atoms with van der Waals surface area (Å²) in [7, 11) is 0. The first kappa shape index (κ1) is 14.1. The van der Waals surface area contributed by atoms with Crippen LogP contribution in [0.4, 0.5) is 0 Å². The van der Waals surface area contributed by atoms with Gasteiger partial charge in [-0.1, -0.05) is 23.2 Å². The average molecular weight is 282 g/mol. The first-order chi connectivity index (χ1) is 7.65. The fourth-order valence-corrected chi connectivity index (χ4v) is 2.71. The predicted octanol–water partition coefficient (Wildman–Crippen LogP) is 2.69. The average Bonchev–Trinajstić information content (AvgIpc) is 2.24. The lowest BCUT2D eigenvalue weighted by Crippen LogP contribution is -2.25. The van der Waals surface area contributed by atoms with Crippen molar-refractivity contribution in [1.29, 1.82) is 0 Å². The number of nitrogens with two attached hydrogens (primary N) is 1. The molecular weight excluding hydrogens is 267 g/mol. The van der Waals surface area contributed by atoms with E-state index in [1.165, 1.54) is 0 Å². The number of rotatable bonds is 6. The van der Waals surface area contributed by atoms with Crippen molar-refractivity contribution in [3.05, 3.63) is 28.2 Å². The van der Waals surface area contributed by atoms with Crippen LogP contribution in [0.15, 0.2) is 23.1 Å². The Morgan fingerprint density at radius 3 is 2.69 bits per heavy atom. The van der Waals surface area contributed by atoms with Crippen molar-refractivity contribution in [3.63, 3.8) is 0 Å². The van der Waals surface area contributed by atoms with Crippen LogP contribution in [0.2, 0.25) is 10.0 Å². The largest absolute Gasteiger partial charge is 0.330 e. The summed E-state index contributed by atoms with van der Waals surface area (Å²) in [5, 5.41) is 1.04. The molecule has 0 aliphatic carbocycles. The first-order valence-corrected chi connectivity index (χ1v) is 6.91. The van der Waals surface area contributed by atoms with E-state index in [0.717, 1.165) is 19.4 Å². The molecule has 0 heterocycles. The first-order valence-electron chi connectivity index (χ1n) is 4.97. The fourth-order valence-electron chi connectivity index (χ4n) is 1.15. The van der Waals surface area contributed by atoms with Crippen molar-refractivity contribution >= 4 is 34.6 Å². The molecule has 1 atom stereocenters. The highest BCUT2D eigenvalue weighted by atomic mass is 35.5. The van der Waals surface area contributed by atoms with E-state index < -0.39 is 11.4 Å². The van der Waals surface area contributed by atoms with Crippen LogP contribution in [0, 0.1) is 0 Å². The zero-order chi connectivity index (χ0) is 12.0. The molecule has 0 aromatic heterocycles. The highest BCUT2D eigenvalue weighted by Gasteiger charge is 2.23. The van der Waals surface area contributed by atoms with E-state index in [2.05, 4.69) is 4.72 Å². The molecule has 1 rings (SSSR count). The number of nitrogens with one attached hydrogen (secondary N) is 1. The van der Waals surface area contributed by atoms with Crippen LogP contribution < -0.4 is 10.5 Å². The minimum absolute atomic E-state index is 0.477. The third kappa shape index (κ3) is 4.49. The zero-order valence-corrected chi connectivity index (χ0v) is 11.1. The Bertz CT molecular complexity index is 339. The standard InChI is InChI=1S/C10H15Cl2N2OS/c11-8-3-4-10(9(12)7-8)16(15)14-6-2-1-5-13/h3-4,7,14-15H,1-2,5-6,13H2/q+1. The molecule has 1 aromatic rings. The SMILES string of the molecule is NCCCCN[S+](O)c1ccc(Cl)cc1Cl. The minimum Gasteiger partial charge on any atom is -0.330 e. The van der Waals surface area contributed by atoms with Crippen molar-refractivity contribution in [2.45, 2.75) is 17.7 Å². The summed E-state index contributed by atoms with van der Waals surface area (Å²) in [5.41, 5.74) is 5.37. The van der Waals surface area contributed by atoms with Gasteiger partial charge in [-0.3, -0.25) is 0 Å². The maximum Gasteiger partial charge on any atom is 0.276 e.